The van der Waals surface area contributed by atoms with Gasteiger partial charge in [-0.2, -0.15) is 13.2 Å². The molecule has 2 amide bonds. The van der Waals surface area contributed by atoms with Gasteiger partial charge in [-0.15, -0.1) is 0 Å². The lowest BCUT2D eigenvalue weighted by molar-refractivity contribution is -0.137. The quantitative estimate of drug-likeness (QED) is 0.826. The molecule has 0 atom stereocenters. The standard InChI is InChI=1S/C18H17F3N2O3/c1-26-15-8-3-2-7-14(15)17(25)23-11-16(24)22-10-12-5-4-6-13(9-12)18(19,20)21/h2-9H,10-11H2,1H3,(H,22,24)(H,23,25). The van der Waals surface area contributed by atoms with Gasteiger partial charge in [0.25, 0.3) is 5.91 Å². The third kappa shape index (κ3) is 5.23. The number of nitrogens with one attached hydrogen (secondary N) is 2. The third-order valence-corrected chi connectivity index (χ3v) is 3.51. The molecular weight excluding hydrogens is 349 g/mol. The smallest absolute Gasteiger partial charge is 0.416 e. The van der Waals surface area contributed by atoms with Crippen molar-refractivity contribution in [1.29, 1.82) is 0 Å². The molecule has 0 spiro atoms. The Hall–Kier alpha value is -3.03. The summed E-state index contributed by atoms with van der Waals surface area (Å²) in [5, 5.41) is 4.90. The Morgan fingerprint density at radius 3 is 2.46 bits per heavy atom. The molecule has 0 saturated heterocycles. The van der Waals surface area contributed by atoms with Crippen LogP contribution in [0.1, 0.15) is 21.5 Å². The van der Waals surface area contributed by atoms with Crippen molar-refractivity contribution in [2.24, 2.45) is 0 Å². The van der Waals surface area contributed by atoms with E-state index in [1.165, 1.54) is 19.2 Å². The van der Waals surface area contributed by atoms with Gasteiger partial charge in [0.05, 0.1) is 24.8 Å². The van der Waals surface area contributed by atoms with Crippen molar-refractivity contribution in [2.75, 3.05) is 13.7 Å². The molecule has 0 aliphatic heterocycles. The van der Waals surface area contributed by atoms with Crippen molar-refractivity contribution < 1.29 is 27.5 Å². The van der Waals surface area contributed by atoms with Gasteiger partial charge < -0.3 is 15.4 Å². The molecular formula is C18H17F3N2O3. The van der Waals surface area contributed by atoms with E-state index in [1.807, 2.05) is 0 Å². The monoisotopic (exact) mass is 366 g/mol. The molecule has 26 heavy (non-hydrogen) atoms. The second-order valence-electron chi connectivity index (χ2n) is 5.36. The van der Waals surface area contributed by atoms with Gasteiger partial charge in [0.15, 0.2) is 0 Å². The summed E-state index contributed by atoms with van der Waals surface area (Å²) in [6.45, 7) is -0.386. The van der Waals surface area contributed by atoms with Gasteiger partial charge in [-0.3, -0.25) is 9.59 Å². The van der Waals surface area contributed by atoms with Crippen molar-refractivity contribution in [3.63, 3.8) is 0 Å². The lowest BCUT2D eigenvalue weighted by atomic mass is 10.1. The first-order chi connectivity index (χ1) is 12.3. The van der Waals surface area contributed by atoms with E-state index in [9.17, 15) is 22.8 Å². The highest BCUT2D eigenvalue weighted by atomic mass is 19.4. The van der Waals surface area contributed by atoms with E-state index in [0.29, 0.717) is 11.3 Å². The number of hydrogen-bond donors (Lipinski definition) is 2. The minimum atomic E-state index is -4.44. The Balaban J connectivity index is 1.87. The molecule has 2 aromatic carbocycles. The number of para-hydroxylation sites is 1. The number of methoxy groups -OCH3 is 1. The van der Waals surface area contributed by atoms with Crippen LogP contribution in [0.2, 0.25) is 0 Å². The molecule has 0 radical (unpaired) electrons. The fourth-order valence-corrected chi connectivity index (χ4v) is 2.21. The fraction of sp³-hybridized carbons (Fsp3) is 0.222. The van der Waals surface area contributed by atoms with Gasteiger partial charge in [-0.05, 0) is 29.8 Å². The number of amides is 2. The van der Waals surface area contributed by atoms with E-state index in [0.717, 1.165) is 12.1 Å². The van der Waals surface area contributed by atoms with Gasteiger partial charge >= 0.3 is 6.18 Å². The first-order valence-electron chi connectivity index (χ1n) is 7.65. The molecule has 2 aromatic rings. The maximum Gasteiger partial charge on any atom is 0.416 e. The first-order valence-corrected chi connectivity index (χ1v) is 7.65. The van der Waals surface area contributed by atoms with Crippen LogP contribution in [-0.4, -0.2) is 25.5 Å². The highest BCUT2D eigenvalue weighted by Crippen LogP contribution is 2.29. The van der Waals surface area contributed by atoms with Crippen LogP contribution >= 0.6 is 0 Å². The fourth-order valence-electron chi connectivity index (χ4n) is 2.21. The van der Waals surface area contributed by atoms with Gasteiger partial charge in [0.1, 0.15) is 5.75 Å². The van der Waals surface area contributed by atoms with E-state index in [2.05, 4.69) is 10.6 Å². The maximum absolute atomic E-state index is 12.7. The van der Waals surface area contributed by atoms with E-state index in [-0.39, 0.29) is 18.7 Å². The highest BCUT2D eigenvalue weighted by Gasteiger charge is 2.30. The zero-order valence-electron chi connectivity index (χ0n) is 13.9. The molecule has 0 aliphatic carbocycles. The minimum absolute atomic E-state index is 0.0761. The van der Waals surface area contributed by atoms with Crippen molar-refractivity contribution in [1.82, 2.24) is 10.6 Å². The molecule has 138 valence electrons. The Bertz CT molecular complexity index is 791. The topological polar surface area (TPSA) is 67.4 Å². The van der Waals surface area contributed by atoms with Gasteiger partial charge in [-0.1, -0.05) is 24.3 Å². The summed E-state index contributed by atoms with van der Waals surface area (Å²) in [4.78, 5) is 23.9. The van der Waals surface area contributed by atoms with Crippen LogP contribution in [0.5, 0.6) is 5.75 Å². The van der Waals surface area contributed by atoms with Crippen LogP contribution in [-0.2, 0) is 17.5 Å². The van der Waals surface area contributed by atoms with Gasteiger partial charge in [-0.25, -0.2) is 0 Å². The SMILES string of the molecule is COc1ccccc1C(=O)NCC(=O)NCc1cccc(C(F)(F)F)c1. The molecule has 0 aromatic heterocycles. The summed E-state index contributed by atoms with van der Waals surface area (Å²) >= 11 is 0. The number of hydrogen-bond acceptors (Lipinski definition) is 3. The highest BCUT2D eigenvalue weighted by molar-refractivity contribution is 5.98. The number of halogens is 3. The Morgan fingerprint density at radius 2 is 1.77 bits per heavy atom. The van der Waals surface area contributed by atoms with Crippen LogP contribution < -0.4 is 15.4 Å². The van der Waals surface area contributed by atoms with Crippen molar-refractivity contribution in [3.8, 4) is 5.75 Å². The second kappa shape index (κ2) is 8.37. The zero-order valence-corrected chi connectivity index (χ0v) is 13.9. The molecule has 0 saturated carbocycles. The van der Waals surface area contributed by atoms with Gasteiger partial charge in [0, 0.05) is 6.54 Å². The average molecular weight is 366 g/mol. The van der Waals surface area contributed by atoms with Crippen LogP contribution in [0.25, 0.3) is 0 Å². The lowest BCUT2D eigenvalue weighted by Crippen LogP contribution is -2.36. The predicted octanol–water partition coefficient (Wildman–Crippen LogP) is 2.76. The summed E-state index contributed by atoms with van der Waals surface area (Å²) in [6.07, 6.45) is -4.44. The number of carbonyl (C=O) groups is 2. The van der Waals surface area contributed by atoms with Gasteiger partial charge in [0.2, 0.25) is 5.91 Å². The number of rotatable bonds is 6. The Kier molecular flexibility index (Phi) is 6.21. The Morgan fingerprint density at radius 1 is 1.04 bits per heavy atom. The lowest BCUT2D eigenvalue weighted by Gasteiger charge is -2.11. The predicted molar refractivity (Wildman–Crippen MR) is 88.6 cm³/mol. The largest absolute Gasteiger partial charge is 0.496 e. The van der Waals surface area contributed by atoms with Crippen LogP contribution in [0, 0.1) is 0 Å². The van der Waals surface area contributed by atoms with E-state index < -0.39 is 23.6 Å². The molecule has 0 unspecified atom stereocenters. The molecule has 0 heterocycles. The maximum atomic E-state index is 12.7. The van der Waals surface area contributed by atoms with Crippen molar-refractivity contribution >= 4 is 11.8 Å². The van der Waals surface area contributed by atoms with Crippen LogP contribution in [0.4, 0.5) is 13.2 Å². The average Bonchev–Trinajstić information content (AvgIpc) is 2.64. The van der Waals surface area contributed by atoms with E-state index in [1.54, 1.807) is 24.3 Å². The van der Waals surface area contributed by atoms with Crippen molar-refractivity contribution in [3.05, 3.63) is 65.2 Å². The van der Waals surface area contributed by atoms with E-state index >= 15 is 0 Å². The molecule has 5 nitrogen and oxygen atoms in total. The first kappa shape index (κ1) is 19.3. The molecule has 0 bridgehead atoms. The molecule has 0 fully saturated rings. The molecule has 2 N–H and O–H groups in total. The normalized spacial score (nSPS) is 10.9. The summed E-state index contributed by atoms with van der Waals surface area (Å²) in [5.74, 6) is -0.642. The van der Waals surface area contributed by atoms with Crippen LogP contribution in [0.3, 0.4) is 0 Å². The second-order valence-corrected chi connectivity index (χ2v) is 5.36. The summed E-state index contributed by atoms with van der Waals surface area (Å²) < 4.78 is 43.0. The molecule has 0 aliphatic rings. The number of benzene rings is 2. The summed E-state index contributed by atoms with van der Waals surface area (Å²) in [7, 11) is 1.42. The summed E-state index contributed by atoms with van der Waals surface area (Å²) in [5.41, 5.74) is -0.196. The van der Waals surface area contributed by atoms with E-state index in [4.69, 9.17) is 4.74 Å². The molecule has 2 rings (SSSR count). The molecule has 8 heteroatoms. The zero-order chi connectivity index (χ0) is 19.2. The minimum Gasteiger partial charge on any atom is -0.496 e. The van der Waals surface area contributed by atoms with Crippen molar-refractivity contribution in [2.45, 2.75) is 12.7 Å². The number of alkyl halides is 3. The third-order valence-electron chi connectivity index (χ3n) is 3.51. The summed E-state index contributed by atoms with van der Waals surface area (Å²) in [6, 6.07) is 11.2. The number of carbonyl (C=O) groups excluding carboxylic acids is 2. The number of ether oxygens (including phenoxy) is 1. The van der Waals surface area contributed by atoms with Crippen LogP contribution in [0.15, 0.2) is 48.5 Å². The Labute approximate surface area is 148 Å².